The number of halogens is 1. The van der Waals surface area contributed by atoms with Crippen molar-refractivity contribution < 1.29 is 0 Å². The van der Waals surface area contributed by atoms with Gasteiger partial charge in [-0.1, -0.05) is 17.9 Å². The highest BCUT2D eigenvalue weighted by Gasteiger charge is 2.07. The molecule has 1 heterocycles. The van der Waals surface area contributed by atoms with E-state index in [9.17, 15) is 0 Å². The maximum atomic E-state index is 7.13. The minimum atomic E-state index is 0.607. The Balaban J connectivity index is 3.18. The van der Waals surface area contributed by atoms with Gasteiger partial charge in [0.2, 0.25) is 0 Å². The van der Waals surface area contributed by atoms with Crippen LogP contribution in [0, 0.1) is 5.41 Å². The Bertz CT molecular complexity index is 367. The van der Waals surface area contributed by atoms with Crippen LogP contribution in [0.2, 0.25) is 0 Å². The van der Waals surface area contributed by atoms with Gasteiger partial charge in [0.25, 0.3) is 0 Å². The van der Waals surface area contributed by atoms with E-state index in [2.05, 4.69) is 16.6 Å². The number of rotatable bonds is 3. The molecule has 0 radical (unpaired) electrons. The van der Waals surface area contributed by atoms with Crippen LogP contribution in [-0.2, 0) is 0 Å². The van der Waals surface area contributed by atoms with E-state index in [0.29, 0.717) is 5.69 Å². The van der Waals surface area contributed by atoms with Gasteiger partial charge in [-0.2, -0.15) is 0 Å². The van der Waals surface area contributed by atoms with E-state index in [-0.39, 0.29) is 0 Å². The summed E-state index contributed by atoms with van der Waals surface area (Å²) < 4.78 is 1.67. The first-order chi connectivity index (χ1) is 6.19. The zero-order valence-electron chi connectivity index (χ0n) is 7.04. The zero-order chi connectivity index (χ0) is 9.84. The summed E-state index contributed by atoms with van der Waals surface area (Å²) in [5, 5.41) is 8.74. The van der Waals surface area contributed by atoms with Crippen molar-refractivity contribution >= 4 is 54.9 Å². The molecule has 0 saturated heterocycles. The molecule has 68 valence electrons. The smallest absolute Gasteiger partial charge is 0.145 e. The van der Waals surface area contributed by atoms with Crippen LogP contribution in [0.5, 0.6) is 0 Å². The highest BCUT2D eigenvalue weighted by molar-refractivity contribution is 14.1. The molecule has 3 nitrogen and oxygen atoms in total. The van der Waals surface area contributed by atoms with E-state index in [4.69, 9.17) is 5.41 Å². The summed E-state index contributed by atoms with van der Waals surface area (Å²) in [7, 11) is 0. The summed E-state index contributed by atoms with van der Waals surface area (Å²) >= 11 is 3.49. The molecule has 0 aliphatic rings. The van der Waals surface area contributed by atoms with Crippen molar-refractivity contribution in [3.8, 4) is 0 Å². The van der Waals surface area contributed by atoms with Crippen molar-refractivity contribution in [2.75, 3.05) is 0 Å². The molecule has 1 N–H and O–H groups in total. The third kappa shape index (κ3) is 2.44. The molecule has 0 aromatic carbocycles. The van der Waals surface area contributed by atoms with Gasteiger partial charge in [0.1, 0.15) is 15.7 Å². The van der Waals surface area contributed by atoms with Gasteiger partial charge < -0.3 is 5.41 Å². The molecule has 0 aliphatic heterocycles. The molecule has 0 aliphatic carbocycles. The third-order valence-electron chi connectivity index (χ3n) is 1.30. The fourth-order valence-corrected chi connectivity index (χ4v) is 2.02. The number of allylic oxidation sites excluding steroid dienone is 1. The van der Waals surface area contributed by atoms with Crippen molar-refractivity contribution in [2.24, 2.45) is 4.99 Å². The van der Waals surface area contributed by atoms with E-state index in [1.54, 1.807) is 4.22 Å². The lowest BCUT2D eigenvalue weighted by molar-refractivity contribution is 1.32. The molecule has 0 atom stereocenters. The van der Waals surface area contributed by atoms with Gasteiger partial charge >= 0.3 is 0 Å². The number of aliphatic imine (C=N–C) groups is 1. The Kier molecular flexibility index (Phi) is 3.73. The molecule has 0 amide bonds. The minimum Gasteiger partial charge on any atom is -0.306 e. The molecular weight excluding hydrogens is 297 g/mol. The van der Waals surface area contributed by atoms with E-state index in [1.165, 1.54) is 17.6 Å². The second-order valence-electron chi connectivity index (χ2n) is 2.36. The molecule has 13 heavy (non-hydrogen) atoms. The van der Waals surface area contributed by atoms with Crippen LogP contribution in [-0.4, -0.2) is 15.4 Å². The first-order valence-electron chi connectivity index (χ1n) is 3.49. The highest BCUT2D eigenvalue weighted by Crippen LogP contribution is 2.29. The first kappa shape index (κ1) is 10.5. The highest BCUT2D eigenvalue weighted by atomic mass is 127. The molecular formula is C8H8IN3S. The van der Waals surface area contributed by atoms with Gasteiger partial charge in [-0.05, 0) is 35.1 Å². The Morgan fingerprint density at radius 2 is 2.46 bits per heavy atom. The van der Waals surface area contributed by atoms with Gasteiger partial charge in [0, 0.05) is 6.21 Å². The molecule has 5 heteroatoms. The number of aromatic nitrogens is 1. The number of hydrogen-bond acceptors (Lipinski definition) is 4. The average Bonchev–Trinajstić information content (AvgIpc) is 2.48. The number of nitrogens with one attached hydrogen (secondary N) is 1. The normalized spacial score (nSPS) is 10.6. The number of hydrogen-bond donors (Lipinski definition) is 1. The standard InChI is InChI=1S/C8H8IN3S/c1-5(2)7-12-6(3-10)8(13-7)11-4-9/h3-4,10H,1H2,2H3/b10-3?,11-4-. The molecule has 1 aromatic rings. The predicted molar refractivity (Wildman–Crippen MR) is 66.9 cm³/mol. The van der Waals surface area contributed by atoms with Crippen LogP contribution in [0.1, 0.15) is 17.6 Å². The second kappa shape index (κ2) is 4.61. The lowest BCUT2D eigenvalue weighted by Gasteiger charge is -1.85. The Morgan fingerprint density at radius 3 is 2.92 bits per heavy atom. The molecule has 0 bridgehead atoms. The van der Waals surface area contributed by atoms with Crippen LogP contribution in [0.25, 0.3) is 5.57 Å². The fraction of sp³-hybridized carbons (Fsp3) is 0.125. The minimum absolute atomic E-state index is 0.607. The monoisotopic (exact) mass is 305 g/mol. The lowest BCUT2D eigenvalue weighted by Crippen LogP contribution is -1.80. The van der Waals surface area contributed by atoms with Gasteiger partial charge in [-0.25, -0.2) is 9.98 Å². The topological polar surface area (TPSA) is 49.1 Å². The third-order valence-corrected chi connectivity index (χ3v) is 2.72. The molecule has 0 spiro atoms. The summed E-state index contributed by atoms with van der Waals surface area (Å²) in [6, 6.07) is 0. The largest absolute Gasteiger partial charge is 0.306 e. The van der Waals surface area contributed by atoms with Crippen LogP contribution >= 0.6 is 33.9 Å². The van der Waals surface area contributed by atoms with Crippen molar-refractivity contribution in [2.45, 2.75) is 6.92 Å². The Morgan fingerprint density at radius 1 is 1.77 bits per heavy atom. The van der Waals surface area contributed by atoms with Crippen LogP contribution in [0.4, 0.5) is 5.00 Å². The van der Waals surface area contributed by atoms with Gasteiger partial charge in [-0.3, -0.25) is 0 Å². The number of nitrogens with zero attached hydrogens (tertiary/aromatic N) is 2. The van der Waals surface area contributed by atoms with E-state index >= 15 is 0 Å². The molecule has 1 rings (SSSR count). The molecule has 0 unspecified atom stereocenters. The van der Waals surface area contributed by atoms with E-state index in [0.717, 1.165) is 15.6 Å². The van der Waals surface area contributed by atoms with Crippen molar-refractivity contribution in [1.82, 2.24) is 4.98 Å². The maximum absolute atomic E-state index is 7.13. The number of thiazole rings is 1. The van der Waals surface area contributed by atoms with Gasteiger partial charge in [-0.15, -0.1) is 0 Å². The second-order valence-corrected chi connectivity index (χ2v) is 3.90. The summed E-state index contributed by atoms with van der Waals surface area (Å²) in [5.74, 6) is 0. The van der Waals surface area contributed by atoms with Crippen LogP contribution < -0.4 is 0 Å². The van der Waals surface area contributed by atoms with E-state index in [1.807, 2.05) is 29.5 Å². The first-order valence-corrected chi connectivity index (χ1v) is 5.55. The predicted octanol–water partition coefficient (Wildman–Crippen LogP) is 3.27. The van der Waals surface area contributed by atoms with Crippen LogP contribution in [0.15, 0.2) is 11.6 Å². The zero-order valence-corrected chi connectivity index (χ0v) is 10.0. The summed E-state index contributed by atoms with van der Waals surface area (Å²) in [4.78, 5) is 8.31. The molecule has 1 aromatic heterocycles. The lowest BCUT2D eigenvalue weighted by atomic mass is 10.4. The Labute approximate surface area is 94.3 Å². The van der Waals surface area contributed by atoms with Gasteiger partial charge in [0.05, 0.1) is 4.22 Å². The van der Waals surface area contributed by atoms with Crippen molar-refractivity contribution in [3.05, 3.63) is 17.3 Å². The van der Waals surface area contributed by atoms with Crippen molar-refractivity contribution in [1.29, 1.82) is 5.41 Å². The summed E-state index contributed by atoms with van der Waals surface area (Å²) in [6.45, 7) is 5.69. The molecule has 0 saturated carbocycles. The summed E-state index contributed by atoms with van der Waals surface area (Å²) in [6.07, 6.45) is 1.21. The quantitative estimate of drug-likeness (QED) is 0.676. The summed E-state index contributed by atoms with van der Waals surface area (Å²) in [5.41, 5.74) is 1.51. The van der Waals surface area contributed by atoms with Crippen LogP contribution in [0.3, 0.4) is 0 Å². The maximum Gasteiger partial charge on any atom is 0.145 e. The van der Waals surface area contributed by atoms with E-state index < -0.39 is 0 Å². The molecule has 0 fully saturated rings. The SMILES string of the molecule is C=C(C)c1nc(C=N)c(/N=C\I)s1. The van der Waals surface area contributed by atoms with Crippen molar-refractivity contribution in [3.63, 3.8) is 0 Å². The van der Waals surface area contributed by atoms with Gasteiger partial charge in [0.15, 0.2) is 0 Å². The Hall–Kier alpha value is -0.560. The average molecular weight is 305 g/mol. The fourth-order valence-electron chi connectivity index (χ4n) is 0.737.